The van der Waals surface area contributed by atoms with Gasteiger partial charge in [0.05, 0.1) is 12.7 Å². The van der Waals surface area contributed by atoms with Crippen LogP contribution >= 0.6 is 0 Å². The van der Waals surface area contributed by atoms with Crippen molar-refractivity contribution in [3.05, 3.63) is 0 Å². The maximum absolute atomic E-state index is 11.8. The molecule has 0 saturated carbocycles. The summed E-state index contributed by atoms with van der Waals surface area (Å²) in [7, 11) is 4.72. The summed E-state index contributed by atoms with van der Waals surface area (Å²) in [5.74, 6) is -0.385. The first-order valence-corrected chi connectivity index (χ1v) is 6.67. The number of ether oxygens (including phenoxy) is 4. The Labute approximate surface area is 118 Å². The number of carbonyl (C=O) groups is 2. The lowest BCUT2D eigenvalue weighted by molar-refractivity contribution is -0.227. The maximum atomic E-state index is 11.8. The van der Waals surface area contributed by atoms with Crippen LogP contribution in [0.3, 0.4) is 0 Å². The maximum Gasteiger partial charge on any atom is 0.231 e. The standard InChI is InChI=1S/C13H21NO6/c1-17-7-9-13(19-3)8(18-2)6-12(20-9)14-10(15)4-5-11(14)16/h8-9,12-13H,4-7H2,1-3H3/t8-,9-,12+,13+/m1/s1. The van der Waals surface area contributed by atoms with Crippen molar-refractivity contribution in [3.63, 3.8) is 0 Å². The third kappa shape index (κ3) is 2.85. The van der Waals surface area contributed by atoms with Crippen LogP contribution in [0, 0.1) is 0 Å². The molecule has 20 heavy (non-hydrogen) atoms. The molecule has 2 rings (SSSR count). The molecule has 0 bridgehead atoms. The van der Waals surface area contributed by atoms with Gasteiger partial charge in [-0.05, 0) is 0 Å². The second kappa shape index (κ2) is 6.62. The van der Waals surface area contributed by atoms with Gasteiger partial charge in [0.2, 0.25) is 11.8 Å². The summed E-state index contributed by atoms with van der Waals surface area (Å²) in [5, 5.41) is 0. The summed E-state index contributed by atoms with van der Waals surface area (Å²) in [6.45, 7) is 0.311. The average Bonchev–Trinajstić information content (AvgIpc) is 2.77. The molecular formula is C13H21NO6. The molecule has 7 heteroatoms. The van der Waals surface area contributed by atoms with E-state index in [4.69, 9.17) is 18.9 Å². The van der Waals surface area contributed by atoms with E-state index in [1.165, 1.54) is 4.90 Å². The van der Waals surface area contributed by atoms with E-state index in [-0.39, 0.29) is 43.0 Å². The van der Waals surface area contributed by atoms with Crippen molar-refractivity contribution in [1.29, 1.82) is 0 Å². The highest BCUT2D eigenvalue weighted by molar-refractivity contribution is 6.02. The van der Waals surface area contributed by atoms with Gasteiger partial charge in [-0.2, -0.15) is 0 Å². The van der Waals surface area contributed by atoms with Crippen LogP contribution in [0.2, 0.25) is 0 Å². The van der Waals surface area contributed by atoms with Crippen LogP contribution in [-0.4, -0.2) is 69.2 Å². The minimum atomic E-state index is -0.603. The van der Waals surface area contributed by atoms with Crippen LogP contribution in [-0.2, 0) is 28.5 Å². The third-order valence-corrected chi connectivity index (χ3v) is 3.78. The molecule has 0 N–H and O–H groups in total. The van der Waals surface area contributed by atoms with E-state index in [9.17, 15) is 9.59 Å². The summed E-state index contributed by atoms with van der Waals surface area (Å²) < 4.78 is 21.8. The van der Waals surface area contributed by atoms with Gasteiger partial charge in [-0.15, -0.1) is 0 Å². The zero-order valence-corrected chi connectivity index (χ0v) is 12.0. The Morgan fingerprint density at radius 3 is 2.30 bits per heavy atom. The first-order valence-electron chi connectivity index (χ1n) is 6.67. The number of methoxy groups -OCH3 is 3. The molecule has 0 aromatic rings. The van der Waals surface area contributed by atoms with Crippen molar-refractivity contribution >= 4 is 11.8 Å². The van der Waals surface area contributed by atoms with Crippen LogP contribution in [0.25, 0.3) is 0 Å². The fraction of sp³-hybridized carbons (Fsp3) is 0.846. The molecule has 0 spiro atoms. The van der Waals surface area contributed by atoms with Crippen molar-refractivity contribution in [3.8, 4) is 0 Å². The first-order chi connectivity index (χ1) is 9.62. The topological polar surface area (TPSA) is 74.3 Å². The molecule has 0 aromatic carbocycles. The number of likely N-dealkylation sites (tertiary alicyclic amines) is 1. The Morgan fingerprint density at radius 2 is 1.80 bits per heavy atom. The van der Waals surface area contributed by atoms with Gasteiger partial charge in [-0.25, -0.2) is 0 Å². The highest BCUT2D eigenvalue weighted by Crippen LogP contribution is 2.29. The summed E-state index contributed by atoms with van der Waals surface area (Å²) in [6.07, 6.45) is -0.613. The molecule has 2 aliphatic rings. The first kappa shape index (κ1) is 15.4. The smallest absolute Gasteiger partial charge is 0.231 e. The number of hydrogen-bond donors (Lipinski definition) is 0. The van der Waals surface area contributed by atoms with Gasteiger partial charge in [0, 0.05) is 40.6 Å². The predicted octanol–water partition coefficient (Wildman–Crippen LogP) is -0.0732. The number of imide groups is 1. The average molecular weight is 287 g/mol. The number of rotatable bonds is 5. The van der Waals surface area contributed by atoms with E-state index in [1.807, 2.05) is 0 Å². The fourth-order valence-corrected chi connectivity index (χ4v) is 2.82. The van der Waals surface area contributed by atoms with Crippen LogP contribution in [0.4, 0.5) is 0 Å². The number of carbonyl (C=O) groups excluding carboxylic acids is 2. The third-order valence-electron chi connectivity index (χ3n) is 3.78. The normalized spacial score (nSPS) is 34.9. The van der Waals surface area contributed by atoms with Crippen LogP contribution in [0.5, 0.6) is 0 Å². The van der Waals surface area contributed by atoms with Gasteiger partial charge in [0.1, 0.15) is 18.4 Å². The summed E-state index contributed by atoms with van der Waals surface area (Å²) >= 11 is 0. The number of amides is 2. The van der Waals surface area contributed by atoms with E-state index in [0.717, 1.165) is 0 Å². The van der Waals surface area contributed by atoms with E-state index in [0.29, 0.717) is 13.0 Å². The van der Waals surface area contributed by atoms with Gasteiger partial charge >= 0.3 is 0 Å². The molecule has 0 unspecified atom stereocenters. The Hall–Kier alpha value is -1.02. The Balaban J connectivity index is 2.15. The van der Waals surface area contributed by atoms with Crippen molar-refractivity contribution in [2.24, 2.45) is 0 Å². The number of hydrogen-bond acceptors (Lipinski definition) is 6. The van der Waals surface area contributed by atoms with Crippen molar-refractivity contribution < 1.29 is 28.5 Å². The van der Waals surface area contributed by atoms with Gasteiger partial charge in [0.15, 0.2) is 0 Å². The van der Waals surface area contributed by atoms with Crippen molar-refractivity contribution in [1.82, 2.24) is 4.90 Å². The zero-order chi connectivity index (χ0) is 14.7. The lowest BCUT2D eigenvalue weighted by Crippen LogP contribution is -2.57. The highest BCUT2D eigenvalue weighted by atomic mass is 16.6. The van der Waals surface area contributed by atoms with E-state index in [1.54, 1.807) is 21.3 Å². The molecular weight excluding hydrogens is 266 g/mol. The van der Waals surface area contributed by atoms with E-state index < -0.39 is 6.23 Å². The lowest BCUT2D eigenvalue weighted by Gasteiger charge is -2.42. The zero-order valence-electron chi connectivity index (χ0n) is 12.0. The Morgan fingerprint density at radius 1 is 1.15 bits per heavy atom. The summed E-state index contributed by atoms with van der Waals surface area (Å²) in [4.78, 5) is 24.8. The molecule has 0 aromatic heterocycles. The van der Waals surface area contributed by atoms with Gasteiger partial charge in [-0.1, -0.05) is 0 Å². The van der Waals surface area contributed by atoms with Gasteiger partial charge < -0.3 is 18.9 Å². The molecule has 2 fully saturated rings. The van der Waals surface area contributed by atoms with E-state index in [2.05, 4.69) is 0 Å². The Bertz CT molecular complexity index is 358. The second-order valence-corrected chi connectivity index (χ2v) is 4.95. The molecule has 2 saturated heterocycles. The SMILES string of the molecule is COC[C@H]1O[C@H](N2C(=O)CCC2=O)C[C@@H](OC)[C@@H]1OC. The number of nitrogens with zero attached hydrogens (tertiary/aromatic N) is 1. The van der Waals surface area contributed by atoms with Gasteiger partial charge in [0.25, 0.3) is 0 Å². The largest absolute Gasteiger partial charge is 0.382 e. The van der Waals surface area contributed by atoms with Crippen molar-refractivity contribution in [2.45, 2.75) is 43.8 Å². The van der Waals surface area contributed by atoms with Crippen LogP contribution in [0.1, 0.15) is 19.3 Å². The molecule has 2 aliphatic heterocycles. The minimum absolute atomic E-state index is 0.193. The highest BCUT2D eigenvalue weighted by Gasteiger charge is 2.45. The lowest BCUT2D eigenvalue weighted by atomic mass is 10.00. The van der Waals surface area contributed by atoms with Crippen LogP contribution in [0.15, 0.2) is 0 Å². The Kier molecular flexibility index (Phi) is 5.09. The minimum Gasteiger partial charge on any atom is -0.382 e. The monoisotopic (exact) mass is 287 g/mol. The molecule has 4 atom stereocenters. The molecule has 2 heterocycles. The fourth-order valence-electron chi connectivity index (χ4n) is 2.82. The molecule has 114 valence electrons. The molecule has 0 radical (unpaired) electrons. The van der Waals surface area contributed by atoms with E-state index >= 15 is 0 Å². The molecule has 0 aliphatic carbocycles. The van der Waals surface area contributed by atoms with Gasteiger partial charge in [-0.3, -0.25) is 14.5 Å². The molecule has 2 amide bonds. The van der Waals surface area contributed by atoms with Crippen molar-refractivity contribution in [2.75, 3.05) is 27.9 Å². The second-order valence-electron chi connectivity index (χ2n) is 4.95. The molecule has 7 nitrogen and oxygen atoms in total. The summed E-state index contributed by atoms with van der Waals surface area (Å²) in [6, 6.07) is 0. The quantitative estimate of drug-likeness (QED) is 0.659. The predicted molar refractivity (Wildman–Crippen MR) is 67.8 cm³/mol. The summed E-state index contributed by atoms with van der Waals surface area (Å²) in [5.41, 5.74) is 0. The van der Waals surface area contributed by atoms with Crippen LogP contribution < -0.4 is 0 Å².